The lowest BCUT2D eigenvalue weighted by atomic mass is 9.90. The van der Waals surface area contributed by atoms with Crippen LogP contribution in [0.5, 0.6) is 0 Å². The van der Waals surface area contributed by atoms with Crippen LogP contribution in [0.2, 0.25) is 0 Å². The maximum Gasteiger partial charge on any atom is 0.0498 e. The molecule has 8 rings (SSSR count). The molecule has 0 bridgehead atoms. The zero-order chi connectivity index (χ0) is 22.6. The van der Waals surface area contributed by atoms with E-state index in [1.165, 1.54) is 76.3 Å². The number of aryl methyl sites for hydroxylation is 2. The van der Waals surface area contributed by atoms with Crippen molar-refractivity contribution in [2.75, 3.05) is 0 Å². The highest BCUT2D eigenvalue weighted by atomic mass is 15.0. The van der Waals surface area contributed by atoms with Crippen LogP contribution in [0.15, 0.2) is 84.9 Å². The molecule has 0 aliphatic heterocycles. The highest BCUT2D eigenvalue weighted by Crippen LogP contribution is 2.45. The van der Waals surface area contributed by atoms with E-state index in [2.05, 4.69) is 108 Å². The second-order valence-electron chi connectivity index (χ2n) is 9.48. The quantitative estimate of drug-likeness (QED) is 0.245. The van der Waals surface area contributed by atoms with Crippen molar-refractivity contribution in [1.29, 1.82) is 0 Å². The smallest absolute Gasteiger partial charge is 0.0498 e. The number of benzene rings is 6. The normalized spacial score (nSPS) is 12.6. The van der Waals surface area contributed by atoms with Crippen LogP contribution in [0, 0.1) is 0 Å². The second kappa shape index (κ2) is 6.30. The summed E-state index contributed by atoms with van der Waals surface area (Å²) in [5.74, 6) is 0. The summed E-state index contributed by atoms with van der Waals surface area (Å²) in [6, 6.07) is 32.0. The van der Waals surface area contributed by atoms with E-state index in [-0.39, 0.29) is 0 Å². The molecule has 2 aromatic heterocycles. The number of nitrogens with zero attached hydrogens (tertiary/aromatic N) is 2. The Morgan fingerprint density at radius 1 is 0.441 bits per heavy atom. The molecule has 0 saturated heterocycles. The van der Waals surface area contributed by atoms with Crippen molar-refractivity contribution in [3.63, 3.8) is 0 Å². The van der Waals surface area contributed by atoms with Crippen molar-refractivity contribution in [2.24, 2.45) is 0 Å². The Kier molecular flexibility index (Phi) is 3.41. The summed E-state index contributed by atoms with van der Waals surface area (Å²) in [5, 5.41) is 10.9. The topological polar surface area (TPSA) is 9.86 Å². The van der Waals surface area contributed by atoms with Crippen LogP contribution in [0.25, 0.3) is 76.3 Å². The molecule has 8 aromatic rings. The summed E-state index contributed by atoms with van der Waals surface area (Å²) < 4.78 is 4.92. The van der Waals surface area contributed by atoms with Crippen LogP contribution in [-0.2, 0) is 13.1 Å². The van der Waals surface area contributed by atoms with Crippen molar-refractivity contribution in [3.05, 3.63) is 84.9 Å². The first-order valence-corrected chi connectivity index (χ1v) is 12.3. The fourth-order valence-corrected chi connectivity index (χ4v) is 6.68. The zero-order valence-electron chi connectivity index (χ0n) is 19.4. The number of rotatable bonds is 3. The lowest BCUT2D eigenvalue weighted by Crippen LogP contribution is -1.93. The molecule has 0 amide bonds. The molecule has 0 atom stereocenters. The Labute approximate surface area is 197 Å². The molecule has 0 N–H and O–H groups in total. The first kappa shape index (κ1) is 18.4. The van der Waals surface area contributed by atoms with Crippen LogP contribution in [0.1, 0.15) is 13.8 Å². The van der Waals surface area contributed by atoms with Gasteiger partial charge in [-0.2, -0.15) is 0 Å². The average molecular weight is 437 g/mol. The van der Waals surface area contributed by atoms with Gasteiger partial charge in [-0.05, 0) is 70.8 Å². The molecule has 2 heteroatoms. The van der Waals surface area contributed by atoms with Crippen LogP contribution in [-0.4, -0.2) is 9.13 Å². The molecule has 0 radical (unpaired) electrons. The number of aromatic nitrogens is 2. The van der Waals surface area contributed by atoms with Crippen LogP contribution < -0.4 is 0 Å². The molecule has 0 unspecified atom stereocenters. The highest BCUT2D eigenvalue weighted by molar-refractivity contribution is 6.29. The zero-order valence-corrected chi connectivity index (χ0v) is 19.4. The Morgan fingerprint density at radius 3 is 1.32 bits per heavy atom. The van der Waals surface area contributed by atoms with E-state index in [0.29, 0.717) is 0 Å². The molecule has 34 heavy (non-hydrogen) atoms. The summed E-state index contributed by atoms with van der Waals surface area (Å²) in [6.07, 6.45) is 0. The highest BCUT2D eigenvalue weighted by Gasteiger charge is 2.20. The van der Waals surface area contributed by atoms with Crippen LogP contribution in [0.4, 0.5) is 0 Å². The third-order valence-corrected chi connectivity index (χ3v) is 8.04. The summed E-state index contributed by atoms with van der Waals surface area (Å²) in [7, 11) is 0. The van der Waals surface area contributed by atoms with Crippen LogP contribution in [0.3, 0.4) is 0 Å². The molecule has 6 aromatic carbocycles. The van der Waals surface area contributed by atoms with Gasteiger partial charge in [-0.3, -0.25) is 0 Å². The minimum Gasteiger partial charge on any atom is -0.341 e. The molecular formula is C32H24N2. The van der Waals surface area contributed by atoms with Gasteiger partial charge in [-0.25, -0.2) is 0 Å². The lowest BCUT2D eigenvalue weighted by molar-refractivity contribution is 0.827. The van der Waals surface area contributed by atoms with Crippen molar-refractivity contribution >= 4 is 65.2 Å². The Hall–Kier alpha value is -4.04. The molecule has 0 saturated carbocycles. The van der Waals surface area contributed by atoms with Gasteiger partial charge in [0.05, 0.1) is 0 Å². The standard InChI is InChI=1S/C32H24N2/c1-3-33-25-9-5-7-19-11-13-23-21(15-17-27(33)31(23)29(19)25)22-16-18-28-32-24(22)14-12-20-8-6-10-26(30(20)32)34(28)4-2/h5-18H,3-4H2,1-2H3. The van der Waals surface area contributed by atoms with Gasteiger partial charge in [0, 0.05) is 56.7 Å². The van der Waals surface area contributed by atoms with E-state index in [1.54, 1.807) is 0 Å². The Bertz CT molecular complexity index is 1880. The van der Waals surface area contributed by atoms with E-state index in [0.717, 1.165) is 13.1 Å². The van der Waals surface area contributed by atoms with E-state index < -0.39 is 0 Å². The van der Waals surface area contributed by atoms with Gasteiger partial charge in [-0.15, -0.1) is 0 Å². The van der Waals surface area contributed by atoms with Gasteiger partial charge >= 0.3 is 0 Å². The summed E-state index contributed by atoms with van der Waals surface area (Å²) >= 11 is 0. The molecule has 2 nitrogen and oxygen atoms in total. The minimum atomic E-state index is 0.974. The van der Waals surface area contributed by atoms with Gasteiger partial charge in [0.1, 0.15) is 0 Å². The van der Waals surface area contributed by atoms with Crippen molar-refractivity contribution in [1.82, 2.24) is 9.13 Å². The van der Waals surface area contributed by atoms with E-state index in [1.807, 2.05) is 0 Å². The summed E-state index contributed by atoms with van der Waals surface area (Å²) in [6.45, 7) is 6.44. The van der Waals surface area contributed by atoms with E-state index in [4.69, 9.17) is 0 Å². The van der Waals surface area contributed by atoms with E-state index in [9.17, 15) is 0 Å². The largest absolute Gasteiger partial charge is 0.341 e. The third kappa shape index (κ3) is 2.03. The molecule has 0 aliphatic rings. The summed E-state index contributed by atoms with van der Waals surface area (Å²) in [5.41, 5.74) is 8.00. The predicted molar refractivity (Wildman–Crippen MR) is 147 cm³/mol. The number of hydrogen-bond donors (Lipinski definition) is 0. The first-order chi connectivity index (χ1) is 16.8. The lowest BCUT2D eigenvalue weighted by Gasteiger charge is -2.13. The molecule has 162 valence electrons. The van der Waals surface area contributed by atoms with Gasteiger partial charge in [0.2, 0.25) is 0 Å². The van der Waals surface area contributed by atoms with Crippen molar-refractivity contribution in [3.8, 4) is 11.1 Å². The van der Waals surface area contributed by atoms with Gasteiger partial charge in [0.15, 0.2) is 0 Å². The SMILES string of the molecule is CCn1c2cccc3ccc4c(-c5ccc6c7c5ccc5cccc(c57)n6CC)ccc1c4c32. The maximum atomic E-state index is 2.46. The monoisotopic (exact) mass is 436 g/mol. The Balaban J connectivity index is 1.54. The Morgan fingerprint density at radius 2 is 0.882 bits per heavy atom. The molecule has 0 spiro atoms. The molecular weight excluding hydrogens is 412 g/mol. The first-order valence-electron chi connectivity index (χ1n) is 12.3. The summed E-state index contributed by atoms with van der Waals surface area (Å²) in [4.78, 5) is 0. The second-order valence-corrected chi connectivity index (χ2v) is 9.48. The molecule has 2 heterocycles. The predicted octanol–water partition coefficient (Wildman–Crippen LogP) is 8.79. The third-order valence-electron chi connectivity index (χ3n) is 8.04. The van der Waals surface area contributed by atoms with Gasteiger partial charge < -0.3 is 9.13 Å². The minimum absolute atomic E-state index is 0.974. The molecule has 0 aliphatic carbocycles. The van der Waals surface area contributed by atoms with Gasteiger partial charge in [0.25, 0.3) is 0 Å². The van der Waals surface area contributed by atoms with Gasteiger partial charge in [-0.1, -0.05) is 60.7 Å². The fraction of sp³-hybridized carbons (Fsp3) is 0.125. The van der Waals surface area contributed by atoms with Crippen molar-refractivity contribution < 1.29 is 0 Å². The molecule has 0 fully saturated rings. The van der Waals surface area contributed by atoms with Crippen molar-refractivity contribution in [2.45, 2.75) is 26.9 Å². The van der Waals surface area contributed by atoms with E-state index >= 15 is 0 Å². The van der Waals surface area contributed by atoms with Crippen LogP contribution >= 0.6 is 0 Å². The number of hydrogen-bond acceptors (Lipinski definition) is 0. The maximum absolute atomic E-state index is 2.46. The fourth-order valence-electron chi connectivity index (χ4n) is 6.68. The average Bonchev–Trinajstić information content (AvgIpc) is 3.40.